The number of rotatable bonds is 17. The molecule has 2 heterocycles. The maximum absolute atomic E-state index is 14.5. The number of carboxylic acid groups (broad SMARTS) is 1. The predicted molar refractivity (Wildman–Crippen MR) is 236 cm³/mol. The fourth-order valence-corrected chi connectivity index (χ4v) is 9.67. The second kappa shape index (κ2) is 18.2. The molecule has 14 nitrogen and oxygen atoms in total. The molecule has 0 radical (unpaired) electrons. The Hall–Kier alpha value is -4.90. The van der Waals surface area contributed by atoms with Crippen LogP contribution in [0.15, 0.2) is 88.5 Å². The number of benzene rings is 2. The molecule has 0 fully saturated rings. The predicted octanol–water partition coefficient (Wildman–Crippen LogP) is 6.29. The normalized spacial score (nSPS) is 20.9. The largest absolute Gasteiger partial charge is 0.481 e. The molecule has 0 saturated heterocycles. The summed E-state index contributed by atoms with van der Waals surface area (Å²) in [6, 6.07) is 10.9. The number of hydrogen-bond acceptors (Lipinski definition) is 8. The van der Waals surface area contributed by atoms with Gasteiger partial charge in [0.25, 0.3) is 20.2 Å². The first-order valence-electron chi connectivity index (χ1n) is 20.7. The van der Waals surface area contributed by atoms with Crippen molar-refractivity contribution in [3.05, 3.63) is 100 Å². The molecule has 2 aliphatic heterocycles. The van der Waals surface area contributed by atoms with Crippen LogP contribution in [-0.4, -0.2) is 91.1 Å². The van der Waals surface area contributed by atoms with E-state index in [2.05, 4.69) is 61.4 Å². The highest BCUT2D eigenvalue weighted by Gasteiger charge is 2.49. The smallest absolute Gasteiger partial charge is 0.303 e. The van der Waals surface area contributed by atoms with Gasteiger partial charge in [-0.05, 0) is 101 Å². The maximum atomic E-state index is 14.5. The first kappa shape index (κ1) is 47.2. The number of aliphatic carboxylic acids is 1. The fourth-order valence-electron chi connectivity index (χ4n) is 8.81. The molecule has 2 amide bonds. The molecule has 2 aromatic rings. The molecule has 1 unspecified atom stereocenters. The lowest BCUT2D eigenvalue weighted by atomic mass is 9.70. The number of carboxylic acids is 1. The lowest BCUT2D eigenvalue weighted by Gasteiger charge is -2.35. The Kier molecular flexibility index (Phi) is 14.1. The Labute approximate surface area is 359 Å². The van der Waals surface area contributed by atoms with Gasteiger partial charge in [0.2, 0.25) is 17.5 Å². The Bertz CT molecular complexity index is 2480. The number of amides is 2. The van der Waals surface area contributed by atoms with Crippen LogP contribution in [-0.2, 0) is 45.4 Å². The Morgan fingerprint density at radius 2 is 1.52 bits per heavy atom. The number of nitrogens with zero attached hydrogens (tertiary/aromatic N) is 2. The molecule has 1 aliphatic carbocycles. The maximum Gasteiger partial charge on any atom is 0.303 e. The molecular formula is C45H59N4O10S2+. The highest BCUT2D eigenvalue weighted by atomic mass is 32.2. The summed E-state index contributed by atoms with van der Waals surface area (Å²) in [6.45, 7) is 15.3. The van der Waals surface area contributed by atoms with E-state index in [0.29, 0.717) is 49.1 Å². The lowest BCUT2D eigenvalue weighted by molar-refractivity contribution is -0.433. The van der Waals surface area contributed by atoms with Crippen molar-refractivity contribution in [2.24, 2.45) is 5.41 Å². The standard InChI is InChI=1S/C45H58N4O10S2/c1-8-48-36-18-14-30(3)25-34(36)43(4,5)38(48)20-15-31-26-32(16-21-39-44(6,7)35-27-33(61(57,58)59)17-19-37(35)49(39)9-2)29-45(28-31,42(53)47-23-24-60(54,55)56)41(52)46-22-12-10-11-13-40(50)51/h14-21,25-27H,8-13,22-24,28-29H2,1-7H3,(H4-,46,47,50,51,52,53,54,55,56,57,58,59)/p+1. The topological polar surface area (TPSA) is 210 Å². The number of nitrogens with one attached hydrogen (secondary N) is 2. The van der Waals surface area contributed by atoms with E-state index in [1.165, 1.54) is 17.7 Å². The van der Waals surface area contributed by atoms with Crippen LogP contribution in [0.3, 0.4) is 0 Å². The minimum Gasteiger partial charge on any atom is -0.481 e. The number of anilines is 1. The number of fused-ring (bicyclic) bond motifs is 2. The summed E-state index contributed by atoms with van der Waals surface area (Å²) in [6.07, 6.45) is 10.9. The van der Waals surface area contributed by atoms with Gasteiger partial charge in [-0.2, -0.15) is 21.4 Å². The highest BCUT2D eigenvalue weighted by molar-refractivity contribution is 7.86. The molecule has 1 atom stereocenters. The first-order chi connectivity index (χ1) is 28.5. The summed E-state index contributed by atoms with van der Waals surface area (Å²) in [4.78, 5) is 42.0. The van der Waals surface area contributed by atoms with Gasteiger partial charge in [-0.1, -0.05) is 56.2 Å². The van der Waals surface area contributed by atoms with Gasteiger partial charge in [0.15, 0.2) is 5.71 Å². The zero-order chi connectivity index (χ0) is 45.1. The SMILES string of the molecule is CCN1C(=CC=C2C=C(C=CC3=[N+](CC)c4ccc(S(=O)(=O)O)cc4C3(C)C)CC(C(=O)NCCCCCC(=O)O)(C(=O)NCCS(=O)(=O)O)C2)C(C)(C)c2cc(C)ccc21. The van der Waals surface area contributed by atoms with Gasteiger partial charge in [0.1, 0.15) is 12.0 Å². The highest BCUT2D eigenvalue weighted by Crippen LogP contribution is 2.49. The van der Waals surface area contributed by atoms with Crippen LogP contribution in [0.2, 0.25) is 0 Å². The quantitative estimate of drug-likeness (QED) is 0.0516. The van der Waals surface area contributed by atoms with Crippen LogP contribution in [0.4, 0.5) is 11.4 Å². The molecule has 330 valence electrons. The van der Waals surface area contributed by atoms with Gasteiger partial charge in [-0.25, -0.2) is 0 Å². The van der Waals surface area contributed by atoms with Crippen molar-refractivity contribution in [3.8, 4) is 0 Å². The molecule has 3 aliphatic rings. The van der Waals surface area contributed by atoms with Gasteiger partial charge < -0.3 is 20.6 Å². The minimum absolute atomic E-state index is 0.00674. The third kappa shape index (κ3) is 10.3. The zero-order valence-corrected chi connectivity index (χ0v) is 37.7. The second-order valence-corrected chi connectivity index (χ2v) is 20.1. The van der Waals surface area contributed by atoms with Crippen LogP contribution in [0.1, 0.15) is 96.8 Å². The summed E-state index contributed by atoms with van der Waals surface area (Å²) in [7, 11) is -8.90. The number of likely N-dealkylation sites (N-methyl/N-ethyl adjacent to an activating group) is 1. The van der Waals surface area contributed by atoms with Crippen LogP contribution in [0.25, 0.3) is 0 Å². The summed E-state index contributed by atoms with van der Waals surface area (Å²) < 4.78 is 68.9. The van der Waals surface area contributed by atoms with Crippen molar-refractivity contribution in [1.82, 2.24) is 10.6 Å². The average Bonchev–Trinajstić information content (AvgIpc) is 3.53. The van der Waals surface area contributed by atoms with Crippen molar-refractivity contribution in [3.63, 3.8) is 0 Å². The number of unbranched alkanes of at least 4 members (excludes halogenated alkanes) is 2. The molecular weight excluding hydrogens is 821 g/mol. The van der Waals surface area contributed by atoms with Gasteiger partial charge in [0, 0.05) is 60.6 Å². The Balaban J connectivity index is 1.62. The number of hydrogen-bond donors (Lipinski definition) is 5. The van der Waals surface area contributed by atoms with Crippen molar-refractivity contribution in [2.45, 2.75) is 103 Å². The summed E-state index contributed by atoms with van der Waals surface area (Å²) in [5, 5.41) is 14.6. The molecule has 5 rings (SSSR count). The van der Waals surface area contributed by atoms with Gasteiger partial charge in [-0.15, -0.1) is 0 Å². The average molecular weight is 880 g/mol. The van der Waals surface area contributed by atoms with E-state index in [1.54, 1.807) is 6.07 Å². The van der Waals surface area contributed by atoms with Crippen LogP contribution in [0, 0.1) is 12.3 Å². The van der Waals surface area contributed by atoms with E-state index in [-0.39, 0.29) is 36.1 Å². The van der Waals surface area contributed by atoms with E-state index in [0.717, 1.165) is 28.3 Å². The third-order valence-corrected chi connectivity index (χ3v) is 13.6. The monoisotopic (exact) mass is 879 g/mol. The van der Waals surface area contributed by atoms with Crippen molar-refractivity contribution in [2.75, 3.05) is 36.8 Å². The number of allylic oxidation sites excluding steroid dienone is 8. The molecule has 0 aromatic heterocycles. The number of aryl methyl sites for hydroxylation is 1. The molecule has 61 heavy (non-hydrogen) atoms. The molecule has 0 spiro atoms. The lowest BCUT2D eigenvalue weighted by Crippen LogP contribution is -2.53. The third-order valence-electron chi connectivity index (χ3n) is 12.0. The summed E-state index contributed by atoms with van der Waals surface area (Å²) in [5.74, 6) is -2.96. The second-order valence-electron chi connectivity index (χ2n) is 17.1. The Morgan fingerprint density at radius 3 is 2.15 bits per heavy atom. The van der Waals surface area contributed by atoms with Crippen molar-refractivity contribution < 1.29 is 50.0 Å². The minimum atomic E-state index is -4.47. The fraction of sp³-hybridized carbons (Fsp3) is 0.467. The first-order valence-corrected chi connectivity index (χ1v) is 23.7. The van der Waals surface area contributed by atoms with Crippen molar-refractivity contribution in [1.29, 1.82) is 0 Å². The summed E-state index contributed by atoms with van der Waals surface area (Å²) >= 11 is 0. The van der Waals surface area contributed by atoms with Gasteiger partial charge >= 0.3 is 5.97 Å². The van der Waals surface area contributed by atoms with E-state index in [9.17, 15) is 40.3 Å². The molecule has 0 bridgehead atoms. The van der Waals surface area contributed by atoms with E-state index < -0.39 is 61.1 Å². The van der Waals surface area contributed by atoms with Crippen LogP contribution in [0.5, 0.6) is 0 Å². The zero-order valence-electron chi connectivity index (χ0n) is 36.0. The molecule has 0 saturated carbocycles. The van der Waals surface area contributed by atoms with E-state index >= 15 is 0 Å². The van der Waals surface area contributed by atoms with Crippen LogP contribution >= 0.6 is 0 Å². The van der Waals surface area contributed by atoms with E-state index in [1.807, 2.05) is 55.7 Å². The molecule has 16 heteroatoms. The van der Waals surface area contributed by atoms with Crippen LogP contribution < -0.4 is 15.5 Å². The summed E-state index contributed by atoms with van der Waals surface area (Å²) in [5.41, 5.74) is 5.12. The number of carbonyl (C=O) groups excluding carboxylic acids is 2. The van der Waals surface area contributed by atoms with Gasteiger partial charge in [0.05, 0.1) is 16.1 Å². The van der Waals surface area contributed by atoms with E-state index in [4.69, 9.17) is 5.11 Å². The van der Waals surface area contributed by atoms with Crippen molar-refractivity contribution >= 4 is 55.1 Å². The molecule has 5 N–H and O–H groups in total. The Morgan fingerprint density at radius 1 is 0.836 bits per heavy atom. The molecule has 2 aromatic carbocycles. The van der Waals surface area contributed by atoms with Gasteiger partial charge in [-0.3, -0.25) is 23.5 Å². The number of carbonyl (C=O) groups is 3.